The molecule has 5 nitrogen and oxygen atoms in total. The fourth-order valence-electron chi connectivity index (χ4n) is 4.25. The first-order chi connectivity index (χ1) is 14.1. The van der Waals surface area contributed by atoms with E-state index in [9.17, 15) is 14.0 Å². The minimum atomic E-state index is -0.302. The van der Waals surface area contributed by atoms with E-state index >= 15 is 0 Å². The van der Waals surface area contributed by atoms with E-state index in [1.807, 2.05) is 30.3 Å². The van der Waals surface area contributed by atoms with Gasteiger partial charge >= 0.3 is 6.03 Å². The second kappa shape index (κ2) is 8.64. The highest BCUT2D eigenvalue weighted by atomic mass is 19.1. The third kappa shape index (κ3) is 4.42. The summed E-state index contributed by atoms with van der Waals surface area (Å²) in [5, 5.41) is 3.04. The van der Waals surface area contributed by atoms with Crippen LogP contribution >= 0.6 is 0 Å². The highest BCUT2D eigenvalue weighted by Gasteiger charge is 2.29. The second-order valence-electron chi connectivity index (χ2n) is 7.83. The van der Waals surface area contributed by atoms with Gasteiger partial charge in [-0.05, 0) is 49.1 Å². The molecule has 1 aliphatic carbocycles. The molecule has 0 radical (unpaired) electrons. The molecule has 0 atom stereocenters. The third-order valence-corrected chi connectivity index (χ3v) is 5.75. The van der Waals surface area contributed by atoms with Crippen LogP contribution in [0.25, 0.3) is 0 Å². The van der Waals surface area contributed by atoms with E-state index in [-0.39, 0.29) is 23.7 Å². The lowest BCUT2D eigenvalue weighted by Gasteiger charge is -2.36. The molecule has 6 heteroatoms. The summed E-state index contributed by atoms with van der Waals surface area (Å²) < 4.78 is 13.5. The van der Waals surface area contributed by atoms with Crippen LogP contribution in [-0.4, -0.2) is 29.9 Å². The molecule has 2 aromatic carbocycles. The molecule has 2 aromatic rings. The number of rotatable bonds is 5. The zero-order chi connectivity index (χ0) is 20.2. The van der Waals surface area contributed by atoms with Gasteiger partial charge in [0, 0.05) is 25.6 Å². The molecule has 1 heterocycles. The highest BCUT2D eigenvalue weighted by molar-refractivity contribution is 6.01. The minimum Gasteiger partial charge on any atom is -0.324 e. The van der Waals surface area contributed by atoms with Gasteiger partial charge in [0.05, 0.1) is 11.4 Å². The largest absolute Gasteiger partial charge is 0.324 e. The van der Waals surface area contributed by atoms with Crippen LogP contribution in [0.4, 0.5) is 20.6 Å². The Morgan fingerprint density at radius 3 is 2.62 bits per heavy atom. The normalized spacial score (nSPS) is 17.6. The standard InChI is InChI=1S/C23H26FN3O2/c24-19-10-5-7-17(15-19)16-26-13-6-14-27(23(26)29)21-12-4-3-11-20(21)25-22(28)18-8-1-2-9-18/h3-5,7,10-12,15,18H,1-2,6,8-9,13-14,16H2,(H,25,28). The first-order valence-electron chi connectivity index (χ1n) is 10.3. The van der Waals surface area contributed by atoms with Crippen molar-refractivity contribution in [3.05, 3.63) is 59.9 Å². The molecule has 0 unspecified atom stereocenters. The number of para-hydroxylation sites is 2. The number of nitrogens with zero attached hydrogens (tertiary/aromatic N) is 2. The Labute approximate surface area is 170 Å². The van der Waals surface area contributed by atoms with Gasteiger partial charge in [-0.1, -0.05) is 37.1 Å². The van der Waals surface area contributed by atoms with Crippen LogP contribution in [0.5, 0.6) is 0 Å². The van der Waals surface area contributed by atoms with Gasteiger partial charge in [-0.25, -0.2) is 9.18 Å². The number of carbonyl (C=O) groups excluding carboxylic acids is 2. The van der Waals surface area contributed by atoms with Crippen molar-refractivity contribution in [2.24, 2.45) is 5.92 Å². The van der Waals surface area contributed by atoms with Crippen molar-refractivity contribution >= 4 is 23.3 Å². The van der Waals surface area contributed by atoms with E-state index in [2.05, 4.69) is 5.32 Å². The summed E-state index contributed by atoms with van der Waals surface area (Å²) >= 11 is 0. The van der Waals surface area contributed by atoms with Gasteiger partial charge in [-0.3, -0.25) is 9.69 Å². The molecule has 1 saturated heterocycles. The molecule has 2 fully saturated rings. The quantitative estimate of drug-likeness (QED) is 0.792. The first kappa shape index (κ1) is 19.4. The average Bonchev–Trinajstić information content (AvgIpc) is 3.25. The maximum absolute atomic E-state index is 13.5. The van der Waals surface area contributed by atoms with Crippen LogP contribution in [0.15, 0.2) is 48.5 Å². The molecule has 0 bridgehead atoms. The predicted octanol–water partition coefficient (Wildman–Crippen LogP) is 4.79. The summed E-state index contributed by atoms with van der Waals surface area (Å²) in [7, 11) is 0. The first-order valence-corrected chi connectivity index (χ1v) is 10.3. The fourth-order valence-corrected chi connectivity index (χ4v) is 4.25. The van der Waals surface area contributed by atoms with E-state index in [0.717, 1.165) is 37.7 Å². The van der Waals surface area contributed by atoms with Crippen molar-refractivity contribution in [3.8, 4) is 0 Å². The van der Waals surface area contributed by atoms with Gasteiger partial charge in [0.1, 0.15) is 5.82 Å². The fraction of sp³-hybridized carbons (Fsp3) is 0.391. The molecule has 1 N–H and O–H groups in total. The smallest absolute Gasteiger partial charge is 0.324 e. The number of hydrogen-bond acceptors (Lipinski definition) is 2. The molecule has 1 saturated carbocycles. The number of carbonyl (C=O) groups is 2. The molecule has 29 heavy (non-hydrogen) atoms. The molecule has 0 aromatic heterocycles. The topological polar surface area (TPSA) is 52.7 Å². The number of amides is 3. The molecule has 0 spiro atoms. The number of hydrogen-bond donors (Lipinski definition) is 1. The molecule has 1 aliphatic heterocycles. The summed E-state index contributed by atoms with van der Waals surface area (Å²) in [6, 6.07) is 13.7. The van der Waals surface area contributed by atoms with Gasteiger partial charge in [0.15, 0.2) is 0 Å². The monoisotopic (exact) mass is 395 g/mol. The maximum Gasteiger partial charge on any atom is 0.324 e. The van der Waals surface area contributed by atoms with Crippen LogP contribution in [-0.2, 0) is 11.3 Å². The average molecular weight is 395 g/mol. The summed E-state index contributed by atoms with van der Waals surface area (Å²) in [5.74, 6) is -0.204. The highest BCUT2D eigenvalue weighted by Crippen LogP contribution is 2.31. The zero-order valence-corrected chi connectivity index (χ0v) is 16.4. The lowest BCUT2D eigenvalue weighted by molar-refractivity contribution is -0.119. The van der Waals surface area contributed by atoms with E-state index in [0.29, 0.717) is 31.0 Å². The van der Waals surface area contributed by atoms with Crippen molar-refractivity contribution in [1.29, 1.82) is 0 Å². The molecule has 2 aliphatic rings. The molecular weight excluding hydrogens is 369 g/mol. The number of anilines is 2. The lowest BCUT2D eigenvalue weighted by Crippen LogP contribution is -2.49. The Kier molecular flexibility index (Phi) is 5.79. The molecule has 3 amide bonds. The zero-order valence-electron chi connectivity index (χ0n) is 16.4. The number of benzene rings is 2. The Morgan fingerprint density at radius 2 is 1.83 bits per heavy atom. The number of urea groups is 1. The van der Waals surface area contributed by atoms with Crippen molar-refractivity contribution in [2.75, 3.05) is 23.3 Å². The lowest BCUT2D eigenvalue weighted by atomic mass is 10.1. The Bertz CT molecular complexity index is 895. The predicted molar refractivity (Wildman–Crippen MR) is 111 cm³/mol. The van der Waals surface area contributed by atoms with Crippen molar-refractivity contribution < 1.29 is 14.0 Å². The maximum atomic E-state index is 13.5. The minimum absolute atomic E-state index is 0.0380. The SMILES string of the molecule is O=C(Nc1ccccc1N1CCCN(Cc2cccc(F)c2)C1=O)C1CCCC1. The van der Waals surface area contributed by atoms with E-state index in [4.69, 9.17) is 0 Å². The molecule has 4 rings (SSSR count). The Balaban J connectivity index is 1.51. The van der Waals surface area contributed by atoms with Gasteiger partial charge in [-0.15, -0.1) is 0 Å². The summed E-state index contributed by atoms with van der Waals surface area (Å²) in [5.41, 5.74) is 2.15. The van der Waals surface area contributed by atoms with Crippen LogP contribution in [0.2, 0.25) is 0 Å². The van der Waals surface area contributed by atoms with Gasteiger partial charge in [-0.2, -0.15) is 0 Å². The van der Waals surface area contributed by atoms with Crippen LogP contribution in [0, 0.1) is 11.7 Å². The molecule has 152 valence electrons. The van der Waals surface area contributed by atoms with Gasteiger partial charge < -0.3 is 10.2 Å². The van der Waals surface area contributed by atoms with Gasteiger partial charge in [0.2, 0.25) is 5.91 Å². The van der Waals surface area contributed by atoms with Crippen LogP contribution in [0.3, 0.4) is 0 Å². The Morgan fingerprint density at radius 1 is 1.03 bits per heavy atom. The number of halogens is 1. The summed E-state index contributed by atoms with van der Waals surface area (Å²) in [6.45, 7) is 1.58. The van der Waals surface area contributed by atoms with Crippen molar-refractivity contribution in [3.63, 3.8) is 0 Å². The third-order valence-electron chi connectivity index (χ3n) is 5.75. The van der Waals surface area contributed by atoms with E-state index in [1.54, 1.807) is 15.9 Å². The van der Waals surface area contributed by atoms with Crippen molar-refractivity contribution in [1.82, 2.24) is 4.90 Å². The van der Waals surface area contributed by atoms with Gasteiger partial charge in [0.25, 0.3) is 0 Å². The van der Waals surface area contributed by atoms with Crippen LogP contribution in [0.1, 0.15) is 37.7 Å². The number of nitrogens with one attached hydrogen (secondary N) is 1. The van der Waals surface area contributed by atoms with Crippen molar-refractivity contribution in [2.45, 2.75) is 38.6 Å². The van der Waals surface area contributed by atoms with E-state index < -0.39 is 0 Å². The summed E-state index contributed by atoms with van der Waals surface area (Å²) in [4.78, 5) is 29.2. The molecular formula is C23H26FN3O2. The second-order valence-corrected chi connectivity index (χ2v) is 7.83. The Hall–Kier alpha value is -2.89. The van der Waals surface area contributed by atoms with Crippen LogP contribution < -0.4 is 10.2 Å². The van der Waals surface area contributed by atoms with E-state index in [1.165, 1.54) is 12.1 Å². The summed E-state index contributed by atoms with van der Waals surface area (Å²) in [6.07, 6.45) is 4.86.